The van der Waals surface area contributed by atoms with Crippen LogP contribution in [0.2, 0.25) is 0 Å². The molecule has 0 aromatic carbocycles. The number of hydrogen-bond acceptors (Lipinski definition) is 3. The Bertz CT molecular complexity index is 437. The highest BCUT2D eigenvalue weighted by Crippen LogP contribution is 2.41. The summed E-state index contributed by atoms with van der Waals surface area (Å²) in [5.74, 6) is -0.347. The summed E-state index contributed by atoms with van der Waals surface area (Å²) in [6.45, 7) is 0. The molecule has 4 nitrogen and oxygen atoms in total. The summed E-state index contributed by atoms with van der Waals surface area (Å²) in [6, 6.07) is 2.42. The SMILES string of the molecule is O=C(O)c1ncc(C2CC2)cc1NC1CC1. The van der Waals surface area contributed by atoms with Gasteiger partial charge in [0.05, 0.1) is 5.69 Å². The fourth-order valence-electron chi connectivity index (χ4n) is 1.85. The molecule has 0 amide bonds. The quantitative estimate of drug-likeness (QED) is 0.813. The first-order valence-electron chi connectivity index (χ1n) is 5.74. The van der Waals surface area contributed by atoms with Gasteiger partial charge in [0.25, 0.3) is 0 Å². The Balaban J connectivity index is 1.93. The summed E-state index contributed by atoms with van der Waals surface area (Å²) in [7, 11) is 0. The third kappa shape index (κ3) is 1.87. The summed E-state index contributed by atoms with van der Waals surface area (Å²) in [4.78, 5) is 15.1. The second-order valence-electron chi connectivity index (χ2n) is 4.66. The summed E-state index contributed by atoms with van der Waals surface area (Å²) >= 11 is 0. The third-order valence-corrected chi connectivity index (χ3v) is 3.10. The van der Waals surface area contributed by atoms with E-state index in [-0.39, 0.29) is 5.69 Å². The van der Waals surface area contributed by atoms with Crippen LogP contribution >= 0.6 is 0 Å². The summed E-state index contributed by atoms with van der Waals surface area (Å²) in [6.07, 6.45) is 6.38. The Morgan fingerprint density at radius 3 is 2.69 bits per heavy atom. The van der Waals surface area contributed by atoms with E-state index in [2.05, 4.69) is 10.3 Å². The molecule has 0 atom stereocenters. The Morgan fingerprint density at radius 1 is 1.38 bits per heavy atom. The predicted octanol–water partition coefficient (Wildman–Crippen LogP) is 2.23. The zero-order chi connectivity index (χ0) is 11.1. The molecule has 4 heteroatoms. The highest BCUT2D eigenvalue weighted by Gasteiger charge is 2.28. The van der Waals surface area contributed by atoms with Crippen molar-refractivity contribution in [1.82, 2.24) is 4.98 Å². The van der Waals surface area contributed by atoms with Gasteiger partial charge in [-0.2, -0.15) is 0 Å². The number of carbonyl (C=O) groups is 1. The fourth-order valence-corrected chi connectivity index (χ4v) is 1.85. The first kappa shape index (κ1) is 9.63. The lowest BCUT2D eigenvalue weighted by Gasteiger charge is -2.09. The Labute approximate surface area is 93.7 Å². The number of pyridine rings is 1. The summed E-state index contributed by atoms with van der Waals surface area (Å²) < 4.78 is 0. The van der Waals surface area contributed by atoms with E-state index in [1.165, 1.54) is 18.4 Å². The lowest BCUT2D eigenvalue weighted by molar-refractivity contribution is 0.0691. The van der Waals surface area contributed by atoms with Gasteiger partial charge >= 0.3 is 5.97 Å². The number of nitrogens with one attached hydrogen (secondary N) is 1. The van der Waals surface area contributed by atoms with Gasteiger partial charge in [-0.3, -0.25) is 0 Å². The largest absolute Gasteiger partial charge is 0.476 e. The molecule has 0 spiro atoms. The van der Waals surface area contributed by atoms with Crippen LogP contribution in [0.4, 0.5) is 5.69 Å². The van der Waals surface area contributed by atoms with Crippen LogP contribution in [0.5, 0.6) is 0 Å². The van der Waals surface area contributed by atoms with E-state index in [1.54, 1.807) is 6.20 Å². The maximum absolute atomic E-state index is 11.0. The molecule has 2 fully saturated rings. The van der Waals surface area contributed by atoms with Crippen LogP contribution in [-0.4, -0.2) is 22.1 Å². The van der Waals surface area contributed by atoms with Gasteiger partial charge in [0.2, 0.25) is 0 Å². The van der Waals surface area contributed by atoms with Crippen LogP contribution in [0.25, 0.3) is 0 Å². The lowest BCUT2D eigenvalue weighted by Crippen LogP contribution is -2.10. The number of aromatic carboxylic acids is 1. The molecule has 2 aliphatic rings. The molecule has 1 aromatic rings. The van der Waals surface area contributed by atoms with Crippen LogP contribution in [-0.2, 0) is 0 Å². The van der Waals surface area contributed by atoms with Gasteiger partial charge in [-0.1, -0.05) is 0 Å². The van der Waals surface area contributed by atoms with Crippen LogP contribution in [0.15, 0.2) is 12.3 Å². The molecule has 16 heavy (non-hydrogen) atoms. The third-order valence-electron chi connectivity index (χ3n) is 3.10. The molecule has 1 aromatic heterocycles. The second-order valence-corrected chi connectivity index (χ2v) is 4.66. The van der Waals surface area contributed by atoms with E-state index in [9.17, 15) is 4.79 Å². The molecule has 0 saturated heterocycles. The number of hydrogen-bond donors (Lipinski definition) is 2. The minimum atomic E-state index is -0.953. The fraction of sp³-hybridized carbons (Fsp3) is 0.500. The number of rotatable bonds is 4. The Kier molecular flexibility index (Phi) is 2.09. The molecule has 0 bridgehead atoms. The summed E-state index contributed by atoms with van der Waals surface area (Å²) in [5.41, 5.74) is 2.02. The van der Waals surface area contributed by atoms with Gasteiger partial charge in [-0.25, -0.2) is 9.78 Å². The average molecular weight is 218 g/mol. The van der Waals surface area contributed by atoms with E-state index in [0.717, 1.165) is 12.8 Å². The van der Waals surface area contributed by atoms with Crippen molar-refractivity contribution < 1.29 is 9.90 Å². The van der Waals surface area contributed by atoms with Gasteiger partial charge in [-0.05, 0) is 43.2 Å². The first-order chi connectivity index (χ1) is 7.74. The molecule has 2 saturated carbocycles. The van der Waals surface area contributed by atoms with Crippen molar-refractivity contribution in [3.05, 3.63) is 23.5 Å². The zero-order valence-corrected chi connectivity index (χ0v) is 8.94. The summed E-state index contributed by atoms with van der Waals surface area (Å²) in [5, 5.41) is 12.3. The van der Waals surface area contributed by atoms with Crippen molar-refractivity contribution in [3.8, 4) is 0 Å². The molecular formula is C12H14N2O2. The van der Waals surface area contributed by atoms with Crippen LogP contribution in [0.1, 0.15) is 47.7 Å². The van der Waals surface area contributed by atoms with Crippen LogP contribution < -0.4 is 5.32 Å². The minimum Gasteiger partial charge on any atom is -0.476 e. The van der Waals surface area contributed by atoms with Crippen LogP contribution in [0, 0.1) is 0 Å². The number of carboxylic acid groups (broad SMARTS) is 1. The van der Waals surface area contributed by atoms with Crippen molar-refractivity contribution >= 4 is 11.7 Å². The highest BCUT2D eigenvalue weighted by molar-refractivity contribution is 5.92. The topological polar surface area (TPSA) is 62.2 Å². The van der Waals surface area contributed by atoms with Gasteiger partial charge < -0.3 is 10.4 Å². The van der Waals surface area contributed by atoms with Gasteiger partial charge in [0, 0.05) is 12.2 Å². The molecule has 0 radical (unpaired) electrons. The number of aromatic nitrogens is 1. The maximum atomic E-state index is 11.0. The lowest BCUT2D eigenvalue weighted by atomic mass is 10.1. The molecule has 1 heterocycles. The van der Waals surface area contributed by atoms with Crippen molar-refractivity contribution in [3.63, 3.8) is 0 Å². The van der Waals surface area contributed by atoms with E-state index >= 15 is 0 Å². The second kappa shape index (κ2) is 3.47. The van der Waals surface area contributed by atoms with Crippen LogP contribution in [0.3, 0.4) is 0 Å². The van der Waals surface area contributed by atoms with E-state index in [0.29, 0.717) is 17.6 Å². The Morgan fingerprint density at radius 2 is 2.12 bits per heavy atom. The van der Waals surface area contributed by atoms with Crippen molar-refractivity contribution in [2.75, 3.05) is 5.32 Å². The normalized spacial score (nSPS) is 19.5. The molecule has 3 rings (SSSR count). The molecule has 84 valence electrons. The number of carboxylic acids is 1. The maximum Gasteiger partial charge on any atom is 0.356 e. The van der Waals surface area contributed by atoms with E-state index < -0.39 is 5.97 Å². The van der Waals surface area contributed by atoms with E-state index in [4.69, 9.17) is 5.11 Å². The van der Waals surface area contributed by atoms with Gasteiger partial charge in [0.1, 0.15) is 0 Å². The highest BCUT2D eigenvalue weighted by atomic mass is 16.4. The van der Waals surface area contributed by atoms with Crippen molar-refractivity contribution in [2.24, 2.45) is 0 Å². The number of nitrogens with zero attached hydrogens (tertiary/aromatic N) is 1. The van der Waals surface area contributed by atoms with E-state index in [1.807, 2.05) is 6.07 Å². The monoisotopic (exact) mass is 218 g/mol. The molecule has 2 aliphatic carbocycles. The molecular weight excluding hydrogens is 204 g/mol. The van der Waals surface area contributed by atoms with Gasteiger partial charge in [-0.15, -0.1) is 0 Å². The molecule has 2 N–H and O–H groups in total. The smallest absolute Gasteiger partial charge is 0.356 e. The number of anilines is 1. The first-order valence-corrected chi connectivity index (χ1v) is 5.74. The average Bonchev–Trinajstić information content (AvgIpc) is 3.12. The zero-order valence-electron chi connectivity index (χ0n) is 8.94. The predicted molar refractivity (Wildman–Crippen MR) is 59.8 cm³/mol. The standard InChI is InChI=1S/C12H14N2O2/c15-12(16)11-10(14-9-3-4-9)5-8(6-13-11)7-1-2-7/h5-7,9,14H,1-4H2,(H,15,16). The minimum absolute atomic E-state index is 0.149. The van der Waals surface area contributed by atoms with Gasteiger partial charge in [0.15, 0.2) is 5.69 Å². The molecule has 0 unspecified atom stereocenters. The van der Waals surface area contributed by atoms with Crippen molar-refractivity contribution in [1.29, 1.82) is 0 Å². The molecule has 0 aliphatic heterocycles. The van der Waals surface area contributed by atoms with Crippen molar-refractivity contribution in [2.45, 2.75) is 37.6 Å². The Hall–Kier alpha value is -1.58.